The molecule has 0 aromatic heterocycles. The number of amides is 2. The van der Waals surface area contributed by atoms with E-state index in [-0.39, 0.29) is 11.8 Å². The van der Waals surface area contributed by atoms with E-state index in [9.17, 15) is 9.59 Å². The van der Waals surface area contributed by atoms with Crippen LogP contribution in [0.1, 0.15) is 151 Å². The Bertz CT molecular complexity index is 657. The van der Waals surface area contributed by atoms with Crippen molar-refractivity contribution in [2.45, 2.75) is 151 Å². The summed E-state index contributed by atoms with van der Waals surface area (Å²) in [5, 5.41) is 3.42. The summed E-state index contributed by atoms with van der Waals surface area (Å²) in [6.45, 7) is 16.1. The Balaban J connectivity index is 2.99. The van der Waals surface area contributed by atoms with Gasteiger partial charge in [0.25, 0.3) is 11.8 Å². The third kappa shape index (κ3) is 12.8. The highest BCUT2D eigenvalue weighted by Crippen LogP contribution is 2.27. The lowest BCUT2D eigenvalue weighted by molar-refractivity contribution is -0.128. The standard InChI is InChI=1S/C33H61N3O2/c1-7-11-15-19-23-35(24-20-16-12-8-2)32(37)30-27-31(29(6)34-28(30)5)33(38)36(25-21-17-13-9-3)26-22-18-14-10-4/h34H,7-27H2,1-6H3. The predicted octanol–water partition coefficient (Wildman–Crippen LogP) is 8.51. The second-order valence-corrected chi connectivity index (χ2v) is 11.3. The van der Waals surface area contributed by atoms with Crippen LogP contribution in [0.5, 0.6) is 0 Å². The molecule has 0 radical (unpaired) electrons. The largest absolute Gasteiger partial charge is 0.362 e. The minimum atomic E-state index is 0.123. The van der Waals surface area contributed by atoms with Gasteiger partial charge in [-0.05, 0) is 39.5 Å². The summed E-state index contributed by atoms with van der Waals surface area (Å²) in [7, 11) is 0. The Labute approximate surface area is 235 Å². The lowest BCUT2D eigenvalue weighted by atomic mass is 9.95. The smallest absolute Gasteiger partial charge is 0.251 e. The Kier molecular flexibility index (Phi) is 19.0. The van der Waals surface area contributed by atoms with E-state index in [0.717, 1.165) is 74.4 Å². The summed E-state index contributed by atoms with van der Waals surface area (Å²) < 4.78 is 0. The maximum Gasteiger partial charge on any atom is 0.251 e. The average Bonchev–Trinajstić information content (AvgIpc) is 2.90. The molecular formula is C33H61N3O2. The predicted molar refractivity (Wildman–Crippen MR) is 163 cm³/mol. The Morgan fingerprint density at radius 3 is 1.08 bits per heavy atom. The topological polar surface area (TPSA) is 52.7 Å². The fraction of sp³-hybridized carbons (Fsp3) is 0.818. The number of allylic oxidation sites excluding steroid dienone is 2. The van der Waals surface area contributed by atoms with Crippen LogP contribution in [0.2, 0.25) is 0 Å². The molecule has 1 aliphatic heterocycles. The van der Waals surface area contributed by atoms with E-state index in [2.05, 4.69) is 42.8 Å². The summed E-state index contributed by atoms with van der Waals surface area (Å²) in [4.78, 5) is 31.8. The highest BCUT2D eigenvalue weighted by atomic mass is 16.2. The number of carbonyl (C=O) groups is 2. The quantitative estimate of drug-likeness (QED) is 0.142. The van der Waals surface area contributed by atoms with Crippen LogP contribution in [-0.4, -0.2) is 47.8 Å². The van der Waals surface area contributed by atoms with E-state index in [1.54, 1.807) is 0 Å². The lowest BCUT2D eigenvalue weighted by Gasteiger charge is -2.31. The maximum absolute atomic E-state index is 13.8. The van der Waals surface area contributed by atoms with Crippen molar-refractivity contribution >= 4 is 11.8 Å². The zero-order valence-electron chi connectivity index (χ0n) is 26.1. The van der Waals surface area contributed by atoms with Gasteiger partial charge >= 0.3 is 0 Å². The van der Waals surface area contributed by atoms with E-state index in [1.165, 1.54) is 77.0 Å². The number of unbranched alkanes of at least 4 members (excludes halogenated alkanes) is 12. The molecule has 0 saturated heterocycles. The first kappa shape index (κ1) is 34.2. The molecule has 0 bridgehead atoms. The van der Waals surface area contributed by atoms with Crippen LogP contribution in [0.4, 0.5) is 0 Å². The number of carbonyl (C=O) groups excluding carboxylic acids is 2. The van der Waals surface area contributed by atoms with E-state index in [1.807, 2.05) is 13.8 Å². The van der Waals surface area contributed by atoms with Gasteiger partial charge in [0.1, 0.15) is 0 Å². The lowest BCUT2D eigenvalue weighted by Crippen LogP contribution is -2.40. The van der Waals surface area contributed by atoms with E-state index in [0.29, 0.717) is 6.42 Å². The van der Waals surface area contributed by atoms with Gasteiger partial charge in [-0.3, -0.25) is 9.59 Å². The molecule has 5 nitrogen and oxygen atoms in total. The SMILES string of the molecule is CCCCCCN(CCCCCC)C(=O)C1=C(C)NC(C)=C(C(=O)N(CCCCCC)CCCCCC)C1. The van der Waals surface area contributed by atoms with Gasteiger partial charge in [0.05, 0.1) is 0 Å². The Morgan fingerprint density at radius 2 is 0.816 bits per heavy atom. The molecular weight excluding hydrogens is 470 g/mol. The van der Waals surface area contributed by atoms with Gasteiger partial charge in [-0.1, -0.05) is 105 Å². The molecule has 1 rings (SSSR count). The van der Waals surface area contributed by atoms with Gasteiger partial charge in [0.15, 0.2) is 0 Å². The molecule has 220 valence electrons. The van der Waals surface area contributed by atoms with Crippen LogP contribution in [0.15, 0.2) is 22.5 Å². The van der Waals surface area contributed by atoms with Crippen LogP contribution < -0.4 is 5.32 Å². The molecule has 0 atom stereocenters. The van der Waals surface area contributed by atoms with Gasteiger partial charge in [-0.2, -0.15) is 0 Å². The molecule has 1 aliphatic rings. The minimum absolute atomic E-state index is 0.123. The van der Waals surface area contributed by atoms with Gasteiger partial charge in [-0.25, -0.2) is 0 Å². The van der Waals surface area contributed by atoms with Crippen molar-refractivity contribution < 1.29 is 9.59 Å². The second-order valence-electron chi connectivity index (χ2n) is 11.3. The van der Waals surface area contributed by atoms with Crippen molar-refractivity contribution in [2.24, 2.45) is 0 Å². The minimum Gasteiger partial charge on any atom is -0.362 e. The summed E-state index contributed by atoms with van der Waals surface area (Å²) >= 11 is 0. The molecule has 0 fully saturated rings. The van der Waals surface area contributed by atoms with Crippen molar-refractivity contribution in [2.75, 3.05) is 26.2 Å². The molecule has 1 heterocycles. The van der Waals surface area contributed by atoms with Crippen molar-refractivity contribution in [3.8, 4) is 0 Å². The monoisotopic (exact) mass is 531 g/mol. The number of nitrogens with one attached hydrogen (secondary N) is 1. The van der Waals surface area contributed by atoms with Gasteiger partial charge in [0.2, 0.25) is 0 Å². The third-order valence-electron chi connectivity index (χ3n) is 7.85. The van der Waals surface area contributed by atoms with E-state index >= 15 is 0 Å². The third-order valence-corrected chi connectivity index (χ3v) is 7.85. The zero-order chi connectivity index (χ0) is 28.2. The highest BCUT2D eigenvalue weighted by Gasteiger charge is 2.29. The molecule has 2 amide bonds. The van der Waals surface area contributed by atoms with Crippen LogP contribution in [0, 0.1) is 0 Å². The first-order chi connectivity index (χ1) is 18.4. The summed E-state index contributed by atoms with van der Waals surface area (Å²) in [5.41, 5.74) is 3.38. The Hall–Kier alpha value is -1.78. The Morgan fingerprint density at radius 1 is 0.526 bits per heavy atom. The molecule has 0 saturated carbocycles. The molecule has 1 N–H and O–H groups in total. The van der Waals surface area contributed by atoms with Gasteiger partial charge in [0, 0.05) is 55.1 Å². The van der Waals surface area contributed by atoms with Crippen molar-refractivity contribution in [1.29, 1.82) is 0 Å². The molecule has 0 aliphatic carbocycles. The van der Waals surface area contributed by atoms with Gasteiger partial charge in [-0.15, -0.1) is 0 Å². The molecule has 0 unspecified atom stereocenters. The normalized spacial score (nSPS) is 13.6. The molecule has 5 heteroatoms. The molecule has 0 aromatic carbocycles. The van der Waals surface area contributed by atoms with Gasteiger partial charge < -0.3 is 15.1 Å². The van der Waals surface area contributed by atoms with Crippen molar-refractivity contribution in [3.63, 3.8) is 0 Å². The number of hydrogen-bond donors (Lipinski definition) is 1. The van der Waals surface area contributed by atoms with E-state index < -0.39 is 0 Å². The average molecular weight is 532 g/mol. The number of nitrogens with zero attached hydrogens (tertiary/aromatic N) is 2. The molecule has 0 spiro atoms. The summed E-state index contributed by atoms with van der Waals surface area (Å²) in [6.07, 6.45) is 19.0. The first-order valence-corrected chi connectivity index (χ1v) is 16.2. The highest BCUT2D eigenvalue weighted by molar-refractivity contribution is 6.01. The summed E-state index contributed by atoms with van der Waals surface area (Å²) in [6, 6.07) is 0. The summed E-state index contributed by atoms with van der Waals surface area (Å²) in [5.74, 6) is 0.247. The van der Waals surface area contributed by atoms with Crippen LogP contribution in [-0.2, 0) is 9.59 Å². The zero-order valence-corrected chi connectivity index (χ0v) is 26.1. The first-order valence-electron chi connectivity index (χ1n) is 16.2. The van der Waals surface area contributed by atoms with Crippen molar-refractivity contribution in [1.82, 2.24) is 15.1 Å². The molecule has 0 aromatic rings. The molecule has 38 heavy (non-hydrogen) atoms. The fourth-order valence-corrected chi connectivity index (χ4v) is 5.28. The van der Waals surface area contributed by atoms with Crippen LogP contribution in [0.25, 0.3) is 0 Å². The van der Waals surface area contributed by atoms with Crippen LogP contribution >= 0.6 is 0 Å². The fourth-order valence-electron chi connectivity index (χ4n) is 5.28. The maximum atomic E-state index is 13.8. The number of rotatable bonds is 22. The number of dihydropyridines is 1. The second kappa shape index (κ2) is 21.1. The van der Waals surface area contributed by atoms with Crippen molar-refractivity contribution in [3.05, 3.63) is 22.5 Å². The van der Waals surface area contributed by atoms with Crippen LogP contribution in [0.3, 0.4) is 0 Å². The number of hydrogen-bond acceptors (Lipinski definition) is 3. The van der Waals surface area contributed by atoms with E-state index in [4.69, 9.17) is 0 Å².